The van der Waals surface area contributed by atoms with Gasteiger partial charge in [-0.05, 0) is 79.6 Å². The number of benzene rings is 3. The molecule has 0 atom stereocenters. The van der Waals surface area contributed by atoms with Crippen molar-refractivity contribution in [2.75, 3.05) is 7.11 Å². The molecule has 0 fully saturated rings. The summed E-state index contributed by atoms with van der Waals surface area (Å²) in [5.41, 5.74) is 3.59. The van der Waals surface area contributed by atoms with Crippen LogP contribution in [-0.4, -0.2) is 23.6 Å². The van der Waals surface area contributed by atoms with E-state index in [1.807, 2.05) is 38.1 Å². The zero-order valence-electron chi connectivity index (χ0n) is 18.0. The summed E-state index contributed by atoms with van der Waals surface area (Å²) in [7, 11) is 1.58. The highest BCUT2D eigenvalue weighted by molar-refractivity contribution is 6.30. The minimum Gasteiger partial charge on any atom is -0.497 e. The minimum atomic E-state index is -0.403. The molecule has 0 aliphatic rings. The van der Waals surface area contributed by atoms with Gasteiger partial charge >= 0.3 is 5.97 Å². The van der Waals surface area contributed by atoms with Crippen LogP contribution < -0.4 is 9.47 Å². The lowest BCUT2D eigenvalue weighted by molar-refractivity contribution is -0.133. The fraction of sp³-hybridized carbons (Fsp3) is 0.154. The van der Waals surface area contributed by atoms with Gasteiger partial charge in [0.15, 0.2) is 0 Å². The second-order valence-corrected chi connectivity index (χ2v) is 8.00. The molecule has 6 heteroatoms. The maximum atomic E-state index is 13.3. The van der Waals surface area contributed by atoms with Crippen LogP contribution in [0.2, 0.25) is 5.02 Å². The summed E-state index contributed by atoms with van der Waals surface area (Å²) in [6.07, 6.45) is 0.0182. The van der Waals surface area contributed by atoms with Gasteiger partial charge in [0.05, 0.1) is 19.0 Å². The fourth-order valence-electron chi connectivity index (χ4n) is 3.79. The highest BCUT2D eigenvalue weighted by Gasteiger charge is 2.22. The molecule has 0 unspecified atom stereocenters. The average Bonchev–Trinajstić information content (AvgIpc) is 3.04. The molecule has 32 heavy (non-hydrogen) atoms. The van der Waals surface area contributed by atoms with Crippen LogP contribution in [0.25, 0.3) is 10.9 Å². The quantitative estimate of drug-likeness (QED) is 0.288. The summed E-state index contributed by atoms with van der Waals surface area (Å²) in [5.74, 6) is 0.528. The Morgan fingerprint density at radius 1 is 0.938 bits per heavy atom. The number of halogens is 1. The van der Waals surface area contributed by atoms with E-state index in [0.717, 1.165) is 16.5 Å². The van der Waals surface area contributed by atoms with E-state index in [0.29, 0.717) is 33.3 Å². The van der Waals surface area contributed by atoms with Gasteiger partial charge in [0.2, 0.25) is 0 Å². The van der Waals surface area contributed by atoms with E-state index in [9.17, 15) is 9.59 Å². The van der Waals surface area contributed by atoms with Crippen molar-refractivity contribution in [3.63, 3.8) is 0 Å². The van der Waals surface area contributed by atoms with Crippen LogP contribution in [0.4, 0.5) is 0 Å². The predicted octanol–water partition coefficient (Wildman–Crippen LogP) is 5.76. The number of methoxy groups -OCH3 is 1. The van der Waals surface area contributed by atoms with Gasteiger partial charge in [0.1, 0.15) is 11.5 Å². The lowest BCUT2D eigenvalue weighted by Crippen LogP contribution is -2.15. The lowest BCUT2D eigenvalue weighted by atomic mass is 10.1. The fourth-order valence-corrected chi connectivity index (χ4v) is 3.91. The number of hydrogen-bond acceptors (Lipinski definition) is 4. The average molecular weight is 448 g/mol. The van der Waals surface area contributed by atoms with Gasteiger partial charge in [-0.15, -0.1) is 0 Å². The van der Waals surface area contributed by atoms with Gasteiger partial charge in [-0.2, -0.15) is 0 Å². The largest absolute Gasteiger partial charge is 0.497 e. The van der Waals surface area contributed by atoms with Crippen LogP contribution in [0.3, 0.4) is 0 Å². The Labute approximate surface area is 191 Å². The minimum absolute atomic E-state index is 0.0182. The first kappa shape index (κ1) is 21.7. The third-order valence-electron chi connectivity index (χ3n) is 5.38. The van der Waals surface area contributed by atoms with Crippen LogP contribution >= 0.6 is 11.6 Å². The molecule has 0 saturated carbocycles. The third kappa shape index (κ3) is 4.25. The summed E-state index contributed by atoms with van der Waals surface area (Å²) in [5, 5.41) is 1.32. The number of nitrogens with zero attached hydrogens (tertiary/aromatic N) is 1. The van der Waals surface area contributed by atoms with E-state index < -0.39 is 5.97 Å². The third-order valence-corrected chi connectivity index (χ3v) is 5.63. The monoisotopic (exact) mass is 447 g/mol. The second-order valence-electron chi connectivity index (χ2n) is 7.56. The molecule has 4 aromatic rings. The molecule has 0 N–H and O–H groups in total. The first-order valence-corrected chi connectivity index (χ1v) is 10.5. The molecule has 4 rings (SSSR count). The summed E-state index contributed by atoms with van der Waals surface area (Å²) in [4.78, 5) is 26.1. The summed E-state index contributed by atoms with van der Waals surface area (Å²) >= 11 is 5.98. The molecule has 5 nitrogen and oxygen atoms in total. The van der Waals surface area contributed by atoms with Crippen LogP contribution in [0, 0.1) is 13.8 Å². The van der Waals surface area contributed by atoms with Crippen LogP contribution in [0.15, 0.2) is 66.7 Å². The highest BCUT2D eigenvalue weighted by atomic mass is 35.5. The Morgan fingerprint density at radius 2 is 1.69 bits per heavy atom. The van der Waals surface area contributed by atoms with E-state index in [2.05, 4.69) is 0 Å². The topological polar surface area (TPSA) is 57.5 Å². The predicted molar refractivity (Wildman–Crippen MR) is 125 cm³/mol. The molecule has 0 spiro atoms. The number of carbonyl (C=O) groups excluding carboxylic acids is 2. The van der Waals surface area contributed by atoms with Crippen LogP contribution in [0.5, 0.6) is 11.5 Å². The van der Waals surface area contributed by atoms with Gasteiger partial charge in [-0.3, -0.25) is 14.2 Å². The van der Waals surface area contributed by atoms with E-state index in [4.69, 9.17) is 21.1 Å². The maximum absolute atomic E-state index is 13.3. The molecule has 0 bridgehead atoms. The van der Waals surface area contributed by atoms with Crippen LogP contribution in [-0.2, 0) is 11.2 Å². The number of hydrogen-bond donors (Lipinski definition) is 0. The van der Waals surface area contributed by atoms with Gasteiger partial charge in [0, 0.05) is 21.7 Å². The van der Waals surface area contributed by atoms with Crippen molar-refractivity contribution >= 4 is 34.4 Å². The molecular weight excluding hydrogens is 426 g/mol. The number of aromatic nitrogens is 1. The highest BCUT2D eigenvalue weighted by Crippen LogP contribution is 2.31. The molecule has 0 aliphatic carbocycles. The maximum Gasteiger partial charge on any atom is 0.315 e. The molecule has 0 aliphatic heterocycles. The van der Waals surface area contributed by atoms with Crippen molar-refractivity contribution in [1.82, 2.24) is 4.57 Å². The SMILES string of the molecule is COc1ccc2c(c1)c(CC(=O)Oc1cccc(C)c1)c(C)n2C(=O)c1ccc(Cl)cc1. The molecule has 0 amide bonds. The number of aryl methyl sites for hydroxylation is 1. The van der Waals surface area contributed by atoms with Crippen molar-refractivity contribution < 1.29 is 19.1 Å². The number of ether oxygens (including phenoxy) is 2. The summed E-state index contributed by atoms with van der Waals surface area (Å²) in [6, 6.07) is 19.5. The van der Waals surface area contributed by atoms with E-state index in [1.165, 1.54) is 0 Å². The van der Waals surface area contributed by atoms with E-state index in [1.54, 1.807) is 54.1 Å². The Bertz CT molecular complexity index is 1320. The number of rotatable bonds is 5. The van der Waals surface area contributed by atoms with Crippen molar-refractivity contribution in [3.8, 4) is 11.5 Å². The summed E-state index contributed by atoms with van der Waals surface area (Å²) in [6.45, 7) is 3.76. The molecule has 1 aromatic heterocycles. The zero-order valence-corrected chi connectivity index (χ0v) is 18.8. The molecular formula is C26H22ClNO4. The van der Waals surface area contributed by atoms with Crippen molar-refractivity contribution in [1.29, 1.82) is 0 Å². The molecule has 1 heterocycles. The first-order chi connectivity index (χ1) is 15.4. The van der Waals surface area contributed by atoms with Crippen molar-refractivity contribution in [2.24, 2.45) is 0 Å². The summed E-state index contributed by atoms with van der Waals surface area (Å²) < 4.78 is 12.5. The lowest BCUT2D eigenvalue weighted by Gasteiger charge is -2.08. The van der Waals surface area contributed by atoms with Gasteiger partial charge in [0.25, 0.3) is 5.91 Å². The Hall–Kier alpha value is -3.57. The van der Waals surface area contributed by atoms with Crippen molar-refractivity contribution in [2.45, 2.75) is 20.3 Å². The van der Waals surface area contributed by atoms with E-state index in [-0.39, 0.29) is 12.3 Å². The molecule has 0 saturated heterocycles. The normalized spacial score (nSPS) is 10.9. The van der Waals surface area contributed by atoms with Gasteiger partial charge < -0.3 is 9.47 Å². The standard InChI is InChI=1S/C26H22ClNO4/c1-16-5-4-6-21(13-16)32-25(29)15-22-17(2)28(24-12-11-20(31-3)14-23(22)24)26(30)18-7-9-19(27)10-8-18/h4-14H,15H2,1-3H3. The van der Waals surface area contributed by atoms with Crippen molar-refractivity contribution in [3.05, 3.63) is 94.1 Å². The molecule has 162 valence electrons. The smallest absolute Gasteiger partial charge is 0.315 e. The van der Waals surface area contributed by atoms with Gasteiger partial charge in [-0.25, -0.2) is 0 Å². The Balaban J connectivity index is 1.76. The Kier molecular flexibility index (Phi) is 6.01. The Morgan fingerprint density at radius 3 is 2.38 bits per heavy atom. The molecule has 3 aromatic carbocycles. The number of esters is 1. The second kappa shape index (κ2) is 8.89. The zero-order chi connectivity index (χ0) is 22.8. The number of carbonyl (C=O) groups is 2. The van der Waals surface area contributed by atoms with Crippen LogP contribution in [0.1, 0.15) is 27.2 Å². The first-order valence-electron chi connectivity index (χ1n) is 10.1. The molecule has 0 radical (unpaired) electrons. The van der Waals surface area contributed by atoms with Gasteiger partial charge in [-0.1, -0.05) is 23.7 Å². The van der Waals surface area contributed by atoms with E-state index >= 15 is 0 Å². The number of fused-ring (bicyclic) bond motifs is 1.